The summed E-state index contributed by atoms with van der Waals surface area (Å²) < 4.78 is 4.98. The lowest BCUT2D eigenvalue weighted by molar-refractivity contribution is 0.199. The molecule has 0 aromatic carbocycles. The molecule has 0 radical (unpaired) electrons. The van der Waals surface area contributed by atoms with Crippen LogP contribution in [-0.4, -0.2) is 69.4 Å². The van der Waals surface area contributed by atoms with Gasteiger partial charge in [-0.05, 0) is 27.1 Å². The van der Waals surface area contributed by atoms with E-state index in [1.165, 1.54) is 0 Å². The van der Waals surface area contributed by atoms with Crippen molar-refractivity contribution in [2.45, 2.75) is 13.0 Å². The third-order valence-corrected chi connectivity index (χ3v) is 2.94. The maximum absolute atomic E-state index is 4.98. The van der Waals surface area contributed by atoms with Crippen molar-refractivity contribution in [2.24, 2.45) is 0 Å². The first-order valence-electron chi connectivity index (χ1n) is 7.00. The van der Waals surface area contributed by atoms with Crippen molar-refractivity contribution >= 4 is 5.95 Å². The minimum atomic E-state index is 0.716. The minimum absolute atomic E-state index is 0.716. The highest BCUT2D eigenvalue weighted by molar-refractivity contribution is 5.28. The lowest BCUT2D eigenvalue weighted by Crippen LogP contribution is -2.25. The summed E-state index contributed by atoms with van der Waals surface area (Å²) in [6.07, 6.45) is 4.86. The molecule has 0 atom stereocenters. The van der Waals surface area contributed by atoms with Crippen LogP contribution < -0.4 is 10.2 Å². The Kier molecular flexibility index (Phi) is 8.10. The van der Waals surface area contributed by atoms with E-state index in [1.54, 1.807) is 7.11 Å². The summed E-state index contributed by atoms with van der Waals surface area (Å²) in [6.45, 7) is 4.36. The van der Waals surface area contributed by atoms with Gasteiger partial charge in [0.1, 0.15) is 0 Å². The molecule has 0 aliphatic heterocycles. The molecule has 0 aliphatic rings. The Labute approximate surface area is 122 Å². The van der Waals surface area contributed by atoms with Crippen molar-refractivity contribution in [1.82, 2.24) is 20.2 Å². The van der Waals surface area contributed by atoms with Gasteiger partial charge in [-0.1, -0.05) is 0 Å². The molecule has 1 rings (SSSR count). The van der Waals surface area contributed by atoms with Crippen molar-refractivity contribution in [1.29, 1.82) is 0 Å². The molecule has 1 N–H and O–H groups in total. The largest absolute Gasteiger partial charge is 0.383 e. The zero-order chi connectivity index (χ0) is 14.8. The second-order valence-corrected chi connectivity index (χ2v) is 5.14. The zero-order valence-electron chi connectivity index (χ0n) is 13.1. The quantitative estimate of drug-likeness (QED) is 0.634. The Balaban J connectivity index is 2.33. The van der Waals surface area contributed by atoms with Crippen LogP contribution in [0.5, 0.6) is 0 Å². The van der Waals surface area contributed by atoms with Gasteiger partial charge in [0.05, 0.1) is 6.61 Å². The van der Waals surface area contributed by atoms with Crippen LogP contribution in [-0.2, 0) is 11.3 Å². The third-order valence-electron chi connectivity index (χ3n) is 2.94. The van der Waals surface area contributed by atoms with Gasteiger partial charge in [0.2, 0.25) is 5.95 Å². The van der Waals surface area contributed by atoms with E-state index in [1.807, 2.05) is 19.4 Å². The fourth-order valence-corrected chi connectivity index (χ4v) is 1.77. The smallest absolute Gasteiger partial charge is 0.224 e. The molecule has 0 aliphatic carbocycles. The van der Waals surface area contributed by atoms with E-state index in [0.717, 1.165) is 44.1 Å². The first-order chi connectivity index (χ1) is 9.63. The van der Waals surface area contributed by atoms with Gasteiger partial charge in [0.25, 0.3) is 0 Å². The first-order valence-corrected chi connectivity index (χ1v) is 7.00. The number of methoxy groups -OCH3 is 1. The van der Waals surface area contributed by atoms with Crippen LogP contribution in [0, 0.1) is 0 Å². The lowest BCUT2D eigenvalue weighted by Gasteiger charge is -2.18. The van der Waals surface area contributed by atoms with Gasteiger partial charge in [-0.15, -0.1) is 0 Å². The highest BCUT2D eigenvalue weighted by Gasteiger charge is 2.04. The lowest BCUT2D eigenvalue weighted by atomic mass is 10.3. The summed E-state index contributed by atoms with van der Waals surface area (Å²) in [5, 5.41) is 3.27. The minimum Gasteiger partial charge on any atom is -0.383 e. The average molecular weight is 281 g/mol. The van der Waals surface area contributed by atoms with Crippen LogP contribution in [0.25, 0.3) is 0 Å². The van der Waals surface area contributed by atoms with Crippen molar-refractivity contribution < 1.29 is 4.74 Å². The van der Waals surface area contributed by atoms with E-state index in [9.17, 15) is 0 Å². The fraction of sp³-hybridized carbons (Fsp3) is 0.714. The maximum atomic E-state index is 4.98. The topological polar surface area (TPSA) is 53.5 Å². The predicted octanol–water partition coefficient (Wildman–Crippen LogP) is 0.601. The highest BCUT2D eigenvalue weighted by atomic mass is 16.5. The second kappa shape index (κ2) is 9.63. The van der Waals surface area contributed by atoms with E-state index in [0.29, 0.717) is 6.61 Å². The Hall–Kier alpha value is -1.24. The monoisotopic (exact) mass is 281 g/mol. The molecule has 0 bridgehead atoms. The Morgan fingerprint density at radius 1 is 1.15 bits per heavy atom. The van der Waals surface area contributed by atoms with E-state index in [2.05, 4.69) is 39.2 Å². The van der Waals surface area contributed by atoms with E-state index in [-0.39, 0.29) is 0 Å². The molecule has 0 saturated heterocycles. The molecule has 6 nitrogen and oxygen atoms in total. The molecule has 6 heteroatoms. The number of ether oxygens (including phenoxy) is 1. The van der Waals surface area contributed by atoms with Gasteiger partial charge in [-0.25, -0.2) is 9.97 Å². The number of rotatable bonds is 10. The standard InChI is InChI=1S/C14H27N5O/c1-18(2)7-5-8-19(3)14-16-11-13(12-17-14)10-15-6-9-20-4/h11-12,15H,5-10H2,1-4H3. The van der Waals surface area contributed by atoms with Gasteiger partial charge in [-0.2, -0.15) is 0 Å². The molecule has 1 aromatic rings. The molecule has 20 heavy (non-hydrogen) atoms. The van der Waals surface area contributed by atoms with E-state index < -0.39 is 0 Å². The van der Waals surface area contributed by atoms with Gasteiger partial charge >= 0.3 is 0 Å². The molecule has 1 aromatic heterocycles. The molecule has 0 spiro atoms. The summed E-state index contributed by atoms with van der Waals surface area (Å²) in [6, 6.07) is 0. The van der Waals surface area contributed by atoms with Gasteiger partial charge in [-0.3, -0.25) is 0 Å². The molecule has 114 valence electrons. The highest BCUT2D eigenvalue weighted by Crippen LogP contribution is 2.05. The number of nitrogens with one attached hydrogen (secondary N) is 1. The normalized spacial score (nSPS) is 11.1. The van der Waals surface area contributed by atoms with Gasteiger partial charge in [0, 0.05) is 51.7 Å². The zero-order valence-corrected chi connectivity index (χ0v) is 13.1. The molecule has 0 unspecified atom stereocenters. The summed E-state index contributed by atoms with van der Waals surface area (Å²) in [5.41, 5.74) is 1.09. The van der Waals surface area contributed by atoms with Crippen molar-refractivity contribution in [3.63, 3.8) is 0 Å². The first kappa shape index (κ1) is 16.8. The summed E-state index contributed by atoms with van der Waals surface area (Å²) in [5.74, 6) is 0.782. The third kappa shape index (κ3) is 6.79. The van der Waals surface area contributed by atoms with Crippen molar-refractivity contribution in [3.8, 4) is 0 Å². The molecule has 0 fully saturated rings. The van der Waals surface area contributed by atoms with E-state index in [4.69, 9.17) is 4.74 Å². The predicted molar refractivity (Wildman–Crippen MR) is 82.1 cm³/mol. The number of nitrogens with zero attached hydrogens (tertiary/aromatic N) is 4. The van der Waals surface area contributed by atoms with Crippen LogP contribution in [0.15, 0.2) is 12.4 Å². The number of hydrogen-bond donors (Lipinski definition) is 1. The van der Waals surface area contributed by atoms with E-state index >= 15 is 0 Å². The molecular weight excluding hydrogens is 254 g/mol. The summed E-state index contributed by atoms with van der Waals surface area (Å²) in [7, 11) is 7.90. The second-order valence-electron chi connectivity index (χ2n) is 5.14. The van der Waals surface area contributed by atoms with Crippen LogP contribution in [0.3, 0.4) is 0 Å². The number of anilines is 1. The van der Waals surface area contributed by atoms with Crippen LogP contribution >= 0.6 is 0 Å². The molecule has 0 amide bonds. The molecular formula is C14H27N5O. The van der Waals surface area contributed by atoms with Crippen LogP contribution in [0.4, 0.5) is 5.95 Å². The fourth-order valence-electron chi connectivity index (χ4n) is 1.77. The number of aromatic nitrogens is 2. The number of hydrogen-bond acceptors (Lipinski definition) is 6. The van der Waals surface area contributed by atoms with Crippen LogP contribution in [0.2, 0.25) is 0 Å². The molecule has 1 heterocycles. The maximum Gasteiger partial charge on any atom is 0.224 e. The van der Waals surface area contributed by atoms with Crippen molar-refractivity contribution in [3.05, 3.63) is 18.0 Å². The molecule has 0 saturated carbocycles. The Morgan fingerprint density at radius 2 is 1.85 bits per heavy atom. The summed E-state index contributed by atoms with van der Waals surface area (Å²) in [4.78, 5) is 13.1. The van der Waals surface area contributed by atoms with Crippen LogP contribution in [0.1, 0.15) is 12.0 Å². The average Bonchev–Trinajstić information content (AvgIpc) is 2.44. The summed E-state index contributed by atoms with van der Waals surface area (Å²) >= 11 is 0. The van der Waals surface area contributed by atoms with Gasteiger partial charge in [0.15, 0.2) is 0 Å². The SMILES string of the molecule is COCCNCc1cnc(N(C)CCCN(C)C)nc1. The Bertz CT molecular complexity index is 355. The van der Waals surface area contributed by atoms with Crippen molar-refractivity contribution in [2.75, 3.05) is 59.4 Å². The van der Waals surface area contributed by atoms with Gasteiger partial charge < -0.3 is 19.9 Å². The Morgan fingerprint density at radius 3 is 2.45 bits per heavy atom.